The van der Waals surface area contributed by atoms with Crippen molar-refractivity contribution in [3.05, 3.63) is 29.8 Å². The minimum Gasteiger partial charge on any atom is -0.469 e. The lowest BCUT2D eigenvalue weighted by Crippen LogP contribution is -2.14. The molecule has 0 atom stereocenters. The van der Waals surface area contributed by atoms with Crippen LogP contribution in [-0.2, 0) is 19.1 Å². The molecule has 0 aromatic heterocycles. The number of amides is 1. The van der Waals surface area contributed by atoms with Crippen LogP contribution in [0, 0.1) is 0 Å². The second-order valence-electron chi connectivity index (χ2n) is 4.69. The summed E-state index contributed by atoms with van der Waals surface area (Å²) in [5, 5.41) is 2.64. The predicted octanol–water partition coefficient (Wildman–Crippen LogP) is 2.54. The van der Waals surface area contributed by atoms with Crippen molar-refractivity contribution in [2.24, 2.45) is 0 Å². The lowest BCUT2D eigenvalue weighted by molar-refractivity contribution is -0.141. The van der Waals surface area contributed by atoms with Crippen LogP contribution in [0.5, 0.6) is 0 Å². The first-order valence-electron chi connectivity index (χ1n) is 7.20. The third-order valence-electron chi connectivity index (χ3n) is 2.92. The van der Waals surface area contributed by atoms with Crippen molar-refractivity contribution in [3.63, 3.8) is 0 Å². The zero-order valence-corrected chi connectivity index (χ0v) is 12.9. The molecule has 0 saturated carbocycles. The molecular weight excluding hydrogens is 286 g/mol. The van der Waals surface area contributed by atoms with Crippen molar-refractivity contribution < 1.29 is 23.9 Å². The fraction of sp³-hybridized carbons (Fsp3) is 0.438. The van der Waals surface area contributed by atoms with Gasteiger partial charge in [-0.15, -0.1) is 0 Å². The molecule has 0 fully saturated rings. The Labute approximate surface area is 129 Å². The molecule has 1 aromatic rings. The van der Waals surface area contributed by atoms with E-state index >= 15 is 0 Å². The zero-order valence-electron chi connectivity index (χ0n) is 12.9. The molecule has 6 heteroatoms. The van der Waals surface area contributed by atoms with E-state index in [0.717, 1.165) is 12.8 Å². The number of unbranched alkanes of at least 4 members (excludes halogenated alkanes) is 1. The average Bonchev–Trinajstić information content (AvgIpc) is 2.53. The van der Waals surface area contributed by atoms with E-state index in [0.29, 0.717) is 17.9 Å². The average molecular weight is 307 g/mol. The van der Waals surface area contributed by atoms with Crippen LogP contribution in [0.4, 0.5) is 5.69 Å². The third kappa shape index (κ3) is 6.39. The van der Waals surface area contributed by atoms with Gasteiger partial charge in [-0.3, -0.25) is 9.59 Å². The summed E-state index contributed by atoms with van der Waals surface area (Å²) in [6, 6.07) is 6.41. The summed E-state index contributed by atoms with van der Waals surface area (Å²) in [5.41, 5.74) is 0.989. The fourth-order valence-corrected chi connectivity index (χ4v) is 1.62. The maximum absolute atomic E-state index is 11.7. The molecule has 0 radical (unpaired) electrons. The Morgan fingerprint density at radius 2 is 1.77 bits per heavy atom. The zero-order chi connectivity index (χ0) is 16.4. The molecule has 6 nitrogen and oxygen atoms in total. The highest BCUT2D eigenvalue weighted by Crippen LogP contribution is 2.11. The van der Waals surface area contributed by atoms with Crippen LogP contribution in [0.25, 0.3) is 0 Å². The molecular formula is C16H21NO5. The number of carbonyl (C=O) groups excluding carboxylic acids is 3. The molecule has 1 rings (SSSR count). The third-order valence-corrected chi connectivity index (χ3v) is 2.92. The monoisotopic (exact) mass is 307 g/mol. The first-order chi connectivity index (χ1) is 10.6. The topological polar surface area (TPSA) is 81.7 Å². The fourth-order valence-electron chi connectivity index (χ4n) is 1.62. The van der Waals surface area contributed by atoms with E-state index in [1.54, 1.807) is 24.3 Å². The van der Waals surface area contributed by atoms with Gasteiger partial charge in [0, 0.05) is 12.1 Å². The van der Waals surface area contributed by atoms with Crippen LogP contribution in [-0.4, -0.2) is 31.6 Å². The molecule has 0 heterocycles. The number of nitrogens with one attached hydrogen (secondary N) is 1. The summed E-state index contributed by atoms with van der Waals surface area (Å²) in [5.74, 6) is -1.10. The lowest BCUT2D eigenvalue weighted by atomic mass is 10.2. The second kappa shape index (κ2) is 9.55. The summed E-state index contributed by atoms with van der Waals surface area (Å²) in [7, 11) is 1.28. The Kier molecular flexibility index (Phi) is 7.67. The molecule has 0 aliphatic carbocycles. The molecule has 0 aliphatic heterocycles. The van der Waals surface area contributed by atoms with Crippen LogP contribution in [0.3, 0.4) is 0 Å². The number of hydrogen-bond acceptors (Lipinski definition) is 5. The first-order valence-corrected chi connectivity index (χ1v) is 7.20. The van der Waals surface area contributed by atoms with Crippen LogP contribution >= 0.6 is 0 Å². The van der Waals surface area contributed by atoms with Gasteiger partial charge in [0.1, 0.15) is 0 Å². The quantitative estimate of drug-likeness (QED) is 0.589. The molecule has 0 bridgehead atoms. The summed E-state index contributed by atoms with van der Waals surface area (Å²) < 4.78 is 9.55. The van der Waals surface area contributed by atoms with Crippen LogP contribution in [0.15, 0.2) is 24.3 Å². The maximum atomic E-state index is 11.7. The molecule has 0 unspecified atom stereocenters. The van der Waals surface area contributed by atoms with Crippen molar-refractivity contribution >= 4 is 23.5 Å². The maximum Gasteiger partial charge on any atom is 0.338 e. The van der Waals surface area contributed by atoms with Gasteiger partial charge in [-0.2, -0.15) is 0 Å². The van der Waals surface area contributed by atoms with E-state index in [1.807, 2.05) is 6.92 Å². The second-order valence-corrected chi connectivity index (χ2v) is 4.69. The summed E-state index contributed by atoms with van der Waals surface area (Å²) in [4.78, 5) is 34.3. The number of hydrogen-bond donors (Lipinski definition) is 1. The van der Waals surface area contributed by atoms with Gasteiger partial charge in [0.15, 0.2) is 0 Å². The van der Waals surface area contributed by atoms with Gasteiger partial charge in [-0.05, 0) is 30.7 Å². The van der Waals surface area contributed by atoms with E-state index in [9.17, 15) is 14.4 Å². The van der Waals surface area contributed by atoms with Crippen molar-refractivity contribution in [2.45, 2.75) is 32.6 Å². The number of rotatable bonds is 8. The highest BCUT2D eigenvalue weighted by Gasteiger charge is 2.09. The van der Waals surface area contributed by atoms with Gasteiger partial charge >= 0.3 is 11.9 Å². The van der Waals surface area contributed by atoms with Crippen LogP contribution in [0.2, 0.25) is 0 Å². The minimum atomic E-state index is -0.430. The Bertz CT molecular complexity index is 510. The van der Waals surface area contributed by atoms with Crippen molar-refractivity contribution in [1.29, 1.82) is 0 Å². The molecule has 1 aromatic carbocycles. The van der Waals surface area contributed by atoms with Gasteiger partial charge in [0.05, 0.1) is 25.7 Å². The number of esters is 2. The largest absolute Gasteiger partial charge is 0.469 e. The number of carbonyl (C=O) groups is 3. The molecule has 120 valence electrons. The van der Waals surface area contributed by atoms with E-state index in [2.05, 4.69) is 10.1 Å². The smallest absolute Gasteiger partial charge is 0.338 e. The van der Waals surface area contributed by atoms with Crippen LogP contribution in [0.1, 0.15) is 43.0 Å². The predicted molar refractivity (Wildman–Crippen MR) is 81.5 cm³/mol. The number of benzene rings is 1. The number of anilines is 1. The number of ether oxygens (including phenoxy) is 2. The Morgan fingerprint density at radius 3 is 2.36 bits per heavy atom. The normalized spacial score (nSPS) is 9.91. The highest BCUT2D eigenvalue weighted by atomic mass is 16.5. The van der Waals surface area contributed by atoms with Gasteiger partial charge < -0.3 is 14.8 Å². The van der Waals surface area contributed by atoms with Gasteiger partial charge in [-0.25, -0.2) is 4.79 Å². The summed E-state index contributed by atoms with van der Waals surface area (Å²) in [6.07, 6.45) is 1.88. The van der Waals surface area contributed by atoms with Crippen molar-refractivity contribution in [3.8, 4) is 0 Å². The van der Waals surface area contributed by atoms with Crippen molar-refractivity contribution in [1.82, 2.24) is 0 Å². The van der Waals surface area contributed by atoms with E-state index in [4.69, 9.17) is 4.74 Å². The molecule has 1 amide bonds. The molecule has 0 saturated heterocycles. The van der Waals surface area contributed by atoms with E-state index in [1.165, 1.54) is 7.11 Å². The Balaban J connectivity index is 2.45. The molecule has 22 heavy (non-hydrogen) atoms. The lowest BCUT2D eigenvalue weighted by Gasteiger charge is -2.07. The highest BCUT2D eigenvalue weighted by molar-refractivity contribution is 5.94. The van der Waals surface area contributed by atoms with Crippen LogP contribution < -0.4 is 5.32 Å². The minimum absolute atomic E-state index is 0.0319. The molecule has 0 spiro atoms. The molecule has 0 aliphatic rings. The Morgan fingerprint density at radius 1 is 1.09 bits per heavy atom. The van der Waals surface area contributed by atoms with Crippen molar-refractivity contribution in [2.75, 3.05) is 19.0 Å². The van der Waals surface area contributed by atoms with Gasteiger partial charge in [0.2, 0.25) is 5.91 Å². The van der Waals surface area contributed by atoms with E-state index in [-0.39, 0.29) is 24.7 Å². The van der Waals surface area contributed by atoms with Gasteiger partial charge in [-0.1, -0.05) is 13.3 Å². The first kappa shape index (κ1) is 17.7. The number of methoxy groups -OCH3 is 1. The summed E-state index contributed by atoms with van der Waals surface area (Å²) >= 11 is 0. The summed E-state index contributed by atoms with van der Waals surface area (Å²) in [6.45, 7) is 2.42. The molecule has 1 N–H and O–H groups in total. The standard InChI is InChI=1S/C16H21NO5/c1-3-4-11-22-16(20)12-5-7-13(8-6-12)17-14(18)9-10-15(19)21-2/h5-8H,3-4,9-11H2,1-2H3,(H,17,18). The van der Waals surface area contributed by atoms with E-state index < -0.39 is 5.97 Å². The SMILES string of the molecule is CCCCOC(=O)c1ccc(NC(=O)CCC(=O)OC)cc1. The van der Waals surface area contributed by atoms with Gasteiger partial charge in [0.25, 0.3) is 0 Å². The Hall–Kier alpha value is -2.37.